The van der Waals surface area contributed by atoms with Crippen molar-refractivity contribution in [2.24, 2.45) is 0 Å². The lowest BCUT2D eigenvalue weighted by atomic mass is 10.1. The molecule has 0 amide bonds. The van der Waals surface area contributed by atoms with E-state index >= 15 is 0 Å². The molecule has 0 aromatic heterocycles. The first-order chi connectivity index (χ1) is 9.97. The molecule has 0 fully saturated rings. The van der Waals surface area contributed by atoms with Crippen molar-refractivity contribution in [1.29, 1.82) is 0 Å². The third kappa shape index (κ3) is 5.30. The summed E-state index contributed by atoms with van der Waals surface area (Å²) in [6, 6.07) is 7.27. The normalized spacial score (nSPS) is 11.2. The number of methoxy groups -OCH3 is 2. The van der Waals surface area contributed by atoms with Crippen LogP contribution in [0.3, 0.4) is 0 Å². The van der Waals surface area contributed by atoms with Crippen LogP contribution < -0.4 is 4.74 Å². The van der Waals surface area contributed by atoms with Gasteiger partial charge in [-0.15, -0.1) is 0 Å². The number of carbonyl (C=O) groups excluding carboxylic acids is 2. The molecular formula is C16H20O5. The molecule has 21 heavy (non-hydrogen) atoms. The number of carbonyl (C=O) groups is 2. The lowest BCUT2D eigenvalue weighted by molar-refractivity contribution is -0.143. The molecule has 0 spiro atoms. The number of hydrogen-bond acceptors (Lipinski definition) is 5. The molecule has 0 aliphatic heterocycles. The molecule has 0 radical (unpaired) electrons. The molecule has 0 saturated carbocycles. The van der Waals surface area contributed by atoms with Crippen LogP contribution in [0.25, 0.3) is 6.08 Å². The highest BCUT2D eigenvalue weighted by Gasteiger charge is 2.16. The van der Waals surface area contributed by atoms with Crippen LogP contribution in [0.5, 0.6) is 5.75 Å². The smallest absolute Gasteiger partial charge is 0.334 e. The fraction of sp³-hybridized carbons (Fsp3) is 0.375. The van der Waals surface area contributed by atoms with E-state index in [4.69, 9.17) is 9.47 Å². The Morgan fingerprint density at radius 3 is 2.38 bits per heavy atom. The van der Waals surface area contributed by atoms with Gasteiger partial charge in [0.05, 0.1) is 26.7 Å². The van der Waals surface area contributed by atoms with E-state index in [0.29, 0.717) is 11.3 Å². The van der Waals surface area contributed by atoms with Crippen molar-refractivity contribution in [3.05, 3.63) is 35.4 Å². The zero-order valence-electron chi connectivity index (χ0n) is 12.7. The molecule has 0 N–H and O–H groups in total. The monoisotopic (exact) mass is 292 g/mol. The summed E-state index contributed by atoms with van der Waals surface area (Å²) in [5, 5.41) is 0. The Bertz CT molecular complexity index is 531. The van der Waals surface area contributed by atoms with Gasteiger partial charge in [-0.2, -0.15) is 0 Å². The molecule has 0 aliphatic rings. The van der Waals surface area contributed by atoms with Crippen molar-refractivity contribution in [2.45, 2.75) is 26.4 Å². The topological polar surface area (TPSA) is 61.8 Å². The molecule has 5 nitrogen and oxygen atoms in total. The molecule has 5 heteroatoms. The Morgan fingerprint density at radius 1 is 1.14 bits per heavy atom. The summed E-state index contributed by atoms with van der Waals surface area (Å²) in [5.41, 5.74) is 0.916. The van der Waals surface area contributed by atoms with Gasteiger partial charge in [0.1, 0.15) is 5.75 Å². The van der Waals surface area contributed by atoms with Gasteiger partial charge < -0.3 is 14.2 Å². The summed E-state index contributed by atoms with van der Waals surface area (Å²) in [5.74, 6) is -0.438. The first kappa shape index (κ1) is 16.8. The van der Waals surface area contributed by atoms with Crippen LogP contribution in [0.2, 0.25) is 0 Å². The standard InChI is InChI=1S/C16H20O5/c1-11(2)21-14-8-6-5-7-12(14)9-13(16(18)20-4)10-15(17)19-3/h5-9,11H,10H2,1-4H3. The van der Waals surface area contributed by atoms with Gasteiger partial charge in [-0.05, 0) is 26.0 Å². The summed E-state index contributed by atoms with van der Waals surface area (Å²) in [7, 11) is 2.54. The first-order valence-electron chi connectivity index (χ1n) is 6.59. The minimum Gasteiger partial charge on any atom is -0.490 e. The van der Waals surface area contributed by atoms with Crippen molar-refractivity contribution in [2.75, 3.05) is 14.2 Å². The summed E-state index contributed by atoms with van der Waals surface area (Å²) in [4.78, 5) is 23.2. The van der Waals surface area contributed by atoms with Gasteiger partial charge in [0, 0.05) is 11.1 Å². The average molecular weight is 292 g/mol. The predicted molar refractivity (Wildman–Crippen MR) is 78.8 cm³/mol. The minimum atomic E-state index is -0.570. The van der Waals surface area contributed by atoms with E-state index in [2.05, 4.69) is 4.74 Å². The minimum absolute atomic E-state index is 0.00161. The van der Waals surface area contributed by atoms with E-state index < -0.39 is 11.9 Å². The van der Waals surface area contributed by atoms with Gasteiger partial charge >= 0.3 is 11.9 Å². The number of esters is 2. The summed E-state index contributed by atoms with van der Waals surface area (Å²) in [6.45, 7) is 3.83. The molecule has 0 bridgehead atoms. The second kappa shape index (κ2) is 8.09. The second-order valence-corrected chi connectivity index (χ2v) is 4.62. The Balaban J connectivity index is 3.14. The number of para-hydroxylation sites is 1. The highest BCUT2D eigenvalue weighted by Crippen LogP contribution is 2.23. The van der Waals surface area contributed by atoms with Crippen molar-refractivity contribution >= 4 is 18.0 Å². The summed E-state index contributed by atoms with van der Waals surface area (Å²) in [6.07, 6.45) is 1.43. The van der Waals surface area contributed by atoms with E-state index in [1.807, 2.05) is 26.0 Å². The van der Waals surface area contributed by atoms with Gasteiger partial charge in [0.25, 0.3) is 0 Å². The maximum absolute atomic E-state index is 11.8. The lowest BCUT2D eigenvalue weighted by Crippen LogP contribution is -2.11. The molecule has 0 aliphatic carbocycles. The van der Waals surface area contributed by atoms with Gasteiger partial charge in [0.15, 0.2) is 0 Å². The maximum atomic E-state index is 11.8. The van der Waals surface area contributed by atoms with Crippen LogP contribution in [0.15, 0.2) is 29.8 Å². The van der Waals surface area contributed by atoms with Crippen molar-refractivity contribution < 1.29 is 23.8 Å². The second-order valence-electron chi connectivity index (χ2n) is 4.62. The maximum Gasteiger partial charge on any atom is 0.334 e. The van der Waals surface area contributed by atoms with Crippen LogP contribution in [-0.2, 0) is 19.1 Å². The lowest BCUT2D eigenvalue weighted by Gasteiger charge is -2.13. The van der Waals surface area contributed by atoms with Crippen LogP contribution >= 0.6 is 0 Å². The third-order valence-electron chi connectivity index (χ3n) is 2.62. The predicted octanol–water partition coefficient (Wildman–Crippen LogP) is 2.59. The quantitative estimate of drug-likeness (QED) is 0.595. The number of benzene rings is 1. The van der Waals surface area contributed by atoms with Crippen LogP contribution in [0, 0.1) is 0 Å². The van der Waals surface area contributed by atoms with Gasteiger partial charge in [0.2, 0.25) is 0 Å². The highest BCUT2D eigenvalue weighted by atomic mass is 16.5. The Morgan fingerprint density at radius 2 is 1.81 bits per heavy atom. The summed E-state index contributed by atoms with van der Waals surface area (Å²) >= 11 is 0. The van der Waals surface area contributed by atoms with Crippen LogP contribution in [0.1, 0.15) is 25.8 Å². The number of rotatable bonds is 6. The molecule has 1 rings (SSSR count). The van der Waals surface area contributed by atoms with Crippen molar-refractivity contribution in [1.82, 2.24) is 0 Å². The van der Waals surface area contributed by atoms with E-state index in [1.54, 1.807) is 18.2 Å². The Hall–Kier alpha value is -2.30. The number of ether oxygens (including phenoxy) is 3. The summed E-state index contributed by atoms with van der Waals surface area (Å²) < 4.78 is 15.0. The fourth-order valence-electron chi connectivity index (χ4n) is 1.69. The Kier molecular flexibility index (Phi) is 6.46. The largest absolute Gasteiger partial charge is 0.490 e. The van der Waals surface area contributed by atoms with Crippen LogP contribution in [0.4, 0.5) is 0 Å². The molecule has 1 aromatic carbocycles. The van der Waals surface area contributed by atoms with Gasteiger partial charge in [-0.25, -0.2) is 4.79 Å². The molecule has 0 unspecified atom stereocenters. The Labute approximate surface area is 124 Å². The van der Waals surface area contributed by atoms with Crippen LogP contribution in [-0.4, -0.2) is 32.3 Å². The fourth-order valence-corrected chi connectivity index (χ4v) is 1.69. The van der Waals surface area contributed by atoms with E-state index in [9.17, 15) is 9.59 Å². The molecule has 0 atom stereocenters. The van der Waals surface area contributed by atoms with Crippen molar-refractivity contribution in [3.8, 4) is 5.75 Å². The molecular weight excluding hydrogens is 272 g/mol. The molecule has 0 heterocycles. The molecule has 1 aromatic rings. The molecule has 114 valence electrons. The zero-order valence-corrected chi connectivity index (χ0v) is 12.7. The SMILES string of the molecule is COC(=O)CC(=Cc1ccccc1OC(C)C)C(=O)OC. The number of hydrogen-bond donors (Lipinski definition) is 0. The van der Waals surface area contributed by atoms with Gasteiger partial charge in [-0.1, -0.05) is 18.2 Å². The van der Waals surface area contributed by atoms with E-state index in [1.165, 1.54) is 14.2 Å². The van der Waals surface area contributed by atoms with E-state index in [0.717, 1.165) is 0 Å². The zero-order chi connectivity index (χ0) is 15.8. The van der Waals surface area contributed by atoms with E-state index in [-0.39, 0.29) is 18.1 Å². The molecule has 0 saturated heterocycles. The third-order valence-corrected chi connectivity index (χ3v) is 2.62. The first-order valence-corrected chi connectivity index (χ1v) is 6.59. The highest BCUT2D eigenvalue weighted by molar-refractivity contribution is 5.98. The van der Waals surface area contributed by atoms with Crippen molar-refractivity contribution in [3.63, 3.8) is 0 Å². The average Bonchev–Trinajstić information content (AvgIpc) is 2.46. The van der Waals surface area contributed by atoms with Gasteiger partial charge in [-0.3, -0.25) is 4.79 Å².